The zero-order valence-corrected chi connectivity index (χ0v) is 15.2. The van der Waals surface area contributed by atoms with Crippen molar-refractivity contribution in [3.8, 4) is 5.75 Å². The first kappa shape index (κ1) is 17.5. The van der Waals surface area contributed by atoms with Crippen molar-refractivity contribution >= 4 is 21.8 Å². The van der Waals surface area contributed by atoms with E-state index in [1.165, 1.54) is 0 Å². The maximum absolute atomic E-state index is 12.4. The Balaban J connectivity index is 2.37. The maximum Gasteiger partial charge on any atom is 0.221 e. The number of rotatable bonds is 4. The lowest BCUT2D eigenvalue weighted by molar-refractivity contribution is -0.122. The molecule has 122 valence electrons. The van der Waals surface area contributed by atoms with Gasteiger partial charge >= 0.3 is 0 Å². The first-order chi connectivity index (χ1) is 10.8. The van der Waals surface area contributed by atoms with Crippen LogP contribution in [0.2, 0.25) is 0 Å². The number of carbonyl (C=O) groups is 1. The van der Waals surface area contributed by atoms with Crippen molar-refractivity contribution in [3.63, 3.8) is 0 Å². The fourth-order valence-corrected chi connectivity index (χ4v) is 2.93. The van der Waals surface area contributed by atoms with E-state index in [1.807, 2.05) is 57.2 Å². The number of amides is 1. The van der Waals surface area contributed by atoms with Crippen LogP contribution in [-0.2, 0) is 4.79 Å². The fourth-order valence-electron chi connectivity index (χ4n) is 2.55. The molecule has 3 nitrogen and oxygen atoms in total. The molecule has 0 heterocycles. The van der Waals surface area contributed by atoms with Crippen molar-refractivity contribution < 1.29 is 9.90 Å². The SMILES string of the molecule is CC(C)(C)NC(=O)C[C@@H](c1ccccc1)c1cc(Br)ccc1O. The van der Waals surface area contributed by atoms with Gasteiger partial charge in [0, 0.05) is 27.9 Å². The number of phenolic OH excluding ortho intramolecular Hbond substituents is 1. The van der Waals surface area contributed by atoms with Crippen LogP contribution in [0, 0.1) is 0 Å². The molecule has 2 N–H and O–H groups in total. The molecular formula is C19H22BrNO2. The standard InChI is InChI=1S/C19H22BrNO2/c1-19(2,3)21-18(23)12-15(13-7-5-4-6-8-13)16-11-14(20)9-10-17(16)22/h4-11,15,22H,12H2,1-3H3,(H,21,23)/t15-/m0/s1. The number of hydrogen-bond donors (Lipinski definition) is 2. The molecule has 0 unspecified atom stereocenters. The van der Waals surface area contributed by atoms with Crippen LogP contribution < -0.4 is 5.32 Å². The van der Waals surface area contributed by atoms with Crippen LogP contribution >= 0.6 is 15.9 Å². The average Bonchev–Trinajstić information content (AvgIpc) is 2.47. The number of phenols is 1. The van der Waals surface area contributed by atoms with Crippen LogP contribution in [0.5, 0.6) is 5.75 Å². The Labute approximate surface area is 145 Å². The van der Waals surface area contributed by atoms with E-state index in [9.17, 15) is 9.90 Å². The lowest BCUT2D eigenvalue weighted by Gasteiger charge is -2.24. The van der Waals surface area contributed by atoms with Gasteiger partial charge in [-0.3, -0.25) is 4.79 Å². The van der Waals surface area contributed by atoms with E-state index in [2.05, 4.69) is 21.2 Å². The molecule has 0 aromatic heterocycles. The van der Waals surface area contributed by atoms with Crippen molar-refractivity contribution in [1.29, 1.82) is 0 Å². The highest BCUT2D eigenvalue weighted by atomic mass is 79.9. The Bertz CT molecular complexity index is 678. The molecule has 0 aliphatic carbocycles. The van der Waals surface area contributed by atoms with Gasteiger partial charge in [-0.25, -0.2) is 0 Å². The molecule has 23 heavy (non-hydrogen) atoms. The van der Waals surface area contributed by atoms with Crippen molar-refractivity contribution in [1.82, 2.24) is 5.32 Å². The highest BCUT2D eigenvalue weighted by molar-refractivity contribution is 9.10. The molecule has 0 radical (unpaired) electrons. The third-order valence-electron chi connectivity index (χ3n) is 3.47. The summed E-state index contributed by atoms with van der Waals surface area (Å²) in [5.41, 5.74) is 1.47. The zero-order chi connectivity index (χ0) is 17.0. The highest BCUT2D eigenvalue weighted by Gasteiger charge is 2.23. The Morgan fingerprint density at radius 2 is 1.83 bits per heavy atom. The van der Waals surface area contributed by atoms with Crippen LogP contribution in [-0.4, -0.2) is 16.6 Å². The van der Waals surface area contributed by atoms with E-state index in [0.717, 1.165) is 15.6 Å². The Morgan fingerprint density at radius 1 is 1.17 bits per heavy atom. The summed E-state index contributed by atoms with van der Waals surface area (Å²) in [6.07, 6.45) is 0.283. The molecular weight excluding hydrogens is 354 g/mol. The van der Waals surface area contributed by atoms with Gasteiger partial charge in [0.25, 0.3) is 0 Å². The van der Waals surface area contributed by atoms with E-state index in [1.54, 1.807) is 12.1 Å². The van der Waals surface area contributed by atoms with Gasteiger partial charge in [-0.2, -0.15) is 0 Å². The van der Waals surface area contributed by atoms with Crippen molar-refractivity contribution in [2.24, 2.45) is 0 Å². The van der Waals surface area contributed by atoms with Crippen LogP contribution in [0.3, 0.4) is 0 Å². The molecule has 0 aliphatic heterocycles. The number of aromatic hydroxyl groups is 1. The van der Waals surface area contributed by atoms with Crippen LogP contribution in [0.25, 0.3) is 0 Å². The van der Waals surface area contributed by atoms with E-state index in [4.69, 9.17) is 0 Å². The molecule has 2 rings (SSSR count). The summed E-state index contributed by atoms with van der Waals surface area (Å²) < 4.78 is 0.877. The number of carbonyl (C=O) groups excluding carboxylic acids is 1. The smallest absolute Gasteiger partial charge is 0.221 e. The molecule has 0 fully saturated rings. The van der Waals surface area contributed by atoms with Gasteiger partial charge < -0.3 is 10.4 Å². The maximum atomic E-state index is 12.4. The first-order valence-corrected chi connectivity index (χ1v) is 8.40. The Hall–Kier alpha value is -1.81. The van der Waals surface area contributed by atoms with Crippen molar-refractivity contribution in [2.45, 2.75) is 38.6 Å². The summed E-state index contributed by atoms with van der Waals surface area (Å²) in [6.45, 7) is 5.87. The first-order valence-electron chi connectivity index (χ1n) is 7.60. The van der Waals surface area contributed by atoms with E-state index >= 15 is 0 Å². The monoisotopic (exact) mass is 375 g/mol. The van der Waals surface area contributed by atoms with Gasteiger partial charge in [0.15, 0.2) is 0 Å². The zero-order valence-electron chi connectivity index (χ0n) is 13.6. The molecule has 4 heteroatoms. The molecule has 0 spiro atoms. The van der Waals surface area contributed by atoms with E-state index < -0.39 is 0 Å². The fraction of sp³-hybridized carbons (Fsp3) is 0.316. The normalized spacial score (nSPS) is 12.7. The van der Waals surface area contributed by atoms with Crippen LogP contribution in [0.1, 0.15) is 44.2 Å². The summed E-state index contributed by atoms with van der Waals surface area (Å²) in [5.74, 6) is -0.0348. The molecule has 0 saturated heterocycles. The molecule has 0 saturated carbocycles. The van der Waals surface area contributed by atoms with Crippen LogP contribution in [0.4, 0.5) is 0 Å². The summed E-state index contributed by atoms with van der Waals surface area (Å²) in [5, 5.41) is 13.3. The van der Waals surface area contributed by atoms with Gasteiger partial charge in [-0.15, -0.1) is 0 Å². The number of nitrogens with one attached hydrogen (secondary N) is 1. The molecule has 0 bridgehead atoms. The minimum Gasteiger partial charge on any atom is -0.508 e. The van der Waals surface area contributed by atoms with Gasteiger partial charge in [0.2, 0.25) is 5.91 Å². The number of halogens is 1. The lowest BCUT2D eigenvalue weighted by atomic mass is 9.87. The summed E-state index contributed by atoms with van der Waals surface area (Å²) in [7, 11) is 0. The topological polar surface area (TPSA) is 49.3 Å². The van der Waals surface area contributed by atoms with Crippen LogP contribution in [0.15, 0.2) is 53.0 Å². The number of benzene rings is 2. The second-order valence-electron chi connectivity index (χ2n) is 6.67. The Morgan fingerprint density at radius 3 is 2.43 bits per heavy atom. The quantitative estimate of drug-likeness (QED) is 0.820. The Kier molecular flexibility index (Phi) is 5.47. The minimum atomic E-state index is -0.280. The largest absolute Gasteiger partial charge is 0.508 e. The van der Waals surface area contributed by atoms with Crippen molar-refractivity contribution in [2.75, 3.05) is 0 Å². The minimum absolute atomic E-state index is 0.0364. The van der Waals surface area contributed by atoms with E-state index in [-0.39, 0.29) is 29.5 Å². The third-order valence-corrected chi connectivity index (χ3v) is 3.96. The average molecular weight is 376 g/mol. The molecule has 2 aromatic rings. The van der Waals surface area contributed by atoms with Gasteiger partial charge in [-0.05, 0) is 44.5 Å². The van der Waals surface area contributed by atoms with Gasteiger partial charge in [0.1, 0.15) is 5.75 Å². The summed E-state index contributed by atoms with van der Waals surface area (Å²) >= 11 is 3.44. The number of hydrogen-bond acceptors (Lipinski definition) is 2. The molecule has 1 atom stereocenters. The predicted octanol–water partition coefficient (Wildman–Crippen LogP) is 4.59. The second kappa shape index (κ2) is 7.18. The summed E-state index contributed by atoms with van der Waals surface area (Å²) in [4.78, 5) is 12.4. The van der Waals surface area contributed by atoms with E-state index in [0.29, 0.717) is 0 Å². The summed E-state index contributed by atoms with van der Waals surface area (Å²) in [6, 6.07) is 15.1. The molecule has 1 amide bonds. The molecule has 2 aromatic carbocycles. The lowest BCUT2D eigenvalue weighted by Crippen LogP contribution is -2.41. The highest BCUT2D eigenvalue weighted by Crippen LogP contribution is 2.35. The predicted molar refractivity (Wildman–Crippen MR) is 96.6 cm³/mol. The third kappa shape index (κ3) is 5.10. The van der Waals surface area contributed by atoms with Gasteiger partial charge in [0.05, 0.1) is 0 Å². The van der Waals surface area contributed by atoms with Crippen molar-refractivity contribution in [3.05, 3.63) is 64.1 Å². The molecule has 0 aliphatic rings. The van der Waals surface area contributed by atoms with Gasteiger partial charge in [-0.1, -0.05) is 46.3 Å². The second-order valence-corrected chi connectivity index (χ2v) is 7.58.